The van der Waals surface area contributed by atoms with Crippen LogP contribution in [0.3, 0.4) is 0 Å². The molecular weight excluding hydrogens is 302 g/mol. The molecule has 2 aromatic rings. The maximum atomic E-state index is 11.6. The molecule has 4 atom stereocenters. The Morgan fingerprint density at radius 2 is 2.21 bits per heavy atom. The molecule has 3 aliphatic rings. The molecule has 24 heavy (non-hydrogen) atoms. The summed E-state index contributed by atoms with van der Waals surface area (Å²) in [6, 6.07) is 8.69. The highest BCUT2D eigenvalue weighted by Crippen LogP contribution is 2.58. The maximum Gasteiger partial charge on any atom is 0.309 e. The maximum absolute atomic E-state index is 11.6. The minimum absolute atomic E-state index is 0.104. The number of benzene rings is 1. The Balaban J connectivity index is 1.52. The van der Waals surface area contributed by atoms with E-state index in [1.54, 1.807) is 0 Å². The van der Waals surface area contributed by atoms with Gasteiger partial charge in [0, 0.05) is 17.1 Å². The van der Waals surface area contributed by atoms with E-state index in [4.69, 9.17) is 4.74 Å². The molecule has 1 saturated heterocycles. The molecule has 4 unspecified atom stereocenters. The lowest BCUT2D eigenvalue weighted by atomic mass is 9.72. The summed E-state index contributed by atoms with van der Waals surface area (Å²) in [5.74, 6) is -0.622. The monoisotopic (exact) mass is 323 g/mol. The molecule has 1 saturated carbocycles. The van der Waals surface area contributed by atoms with Crippen LogP contribution in [0.4, 0.5) is 0 Å². The van der Waals surface area contributed by atoms with Crippen molar-refractivity contribution in [3.63, 3.8) is 0 Å². The summed E-state index contributed by atoms with van der Waals surface area (Å²) in [6.07, 6.45) is 7.82. The van der Waals surface area contributed by atoms with Gasteiger partial charge in [0.25, 0.3) is 0 Å². The van der Waals surface area contributed by atoms with Gasteiger partial charge in [-0.1, -0.05) is 12.1 Å². The summed E-state index contributed by atoms with van der Waals surface area (Å²) in [6.45, 7) is 0.707. The van der Waals surface area contributed by atoms with E-state index in [1.807, 2.05) is 6.20 Å². The van der Waals surface area contributed by atoms with Gasteiger partial charge in [-0.15, -0.1) is 0 Å². The lowest BCUT2D eigenvalue weighted by Crippen LogP contribution is -2.28. The number of nitrogens with one attached hydrogen (secondary N) is 1. The zero-order chi connectivity index (χ0) is 16.3. The summed E-state index contributed by atoms with van der Waals surface area (Å²) in [7, 11) is 0. The Labute approximate surface area is 140 Å². The van der Waals surface area contributed by atoms with Crippen molar-refractivity contribution in [1.29, 1.82) is 0 Å². The van der Waals surface area contributed by atoms with Crippen LogP contribution in [0.5, 0.6) is 0 Å². The molecule has 1 aliphatic heterocycles. The van der Waals surface area contributed by atoms with Gasteiger partial charge in [-0.25, -0.2) is 0 Å². The highest BCUT2D eigenvalue weighted by molar-refractivity contribution is 5.85. The van der Waals surface area contributed by atoms with E-state index in [0.29, 0.717) is 12.5 Å². The van der Waals surface area contributed by atoms with E-state index < -0.39 is 5.97 Å². The number of aliphatic carboxylic acids is 1. The second-order valence-electron chi connectivity index (χ2n) is 7.63. The number of hydrogen-bond donors (Lipinski definition) is 2. The van der Waals surface area contributed by atoms with Crippen molar-refractivity contribution in [3.8, 4) is 0 Å². The first-order valence-electron chi connectivity index (χ1n) is 8.78. The van der Waals surface area contributed by atoms with Crippen LogP contribution in [-0.4, -0.2) is 28.8 Å². The minimum Gasteiger partial charge on any atom is -0.481 e. The third kappa shape index (κ3) is 1.92. The molecule has 2 N–H and O–H groups in total. The Kier molecular flexibility index (Phi) is 2.95. The lowest BCUT2D eigenvalue weighted by Gasteiger charge is -2.31. The number of ether oxygens (including phenoxy) is 1. The van der Waals surface area contributed by atoms with Gasteiger partial charge >= 0.3 is 5.97 Å². The van der Waals surface area contributed by atoms with E-state index in [-0.39, 0.29) is 17.4 Å². The SMILES string of the molecule is O=C(O)C1CCC2C(c3ccc4[nH]ccc4c3)=CCC23COC1C3. The highest BCUT2D eigenvalue weighted by atomic mass is 16.5. The van der Waals surface area contributed by atoms with E-state index in [2.05, 4.69) is 35.3 Å². The zero-order valence-corrected chi connectivity index (χ0v) is 13.5. The minimum atomic E-state index is -0.698. The van der Waals surface area contributed by atoms with E-state index >= 15 is 0 Å². The smallest absolute Gasteiger partial charge is 0.309 e. The van der Waals surface area contributed by atoms with Gasteiger partial charge in [-0.3, -0.25) is 4.79 Å². The molecule has 4 heteroatoms. The second kappa shape index (κ2) is 4.96. The third-order valence-corrected chi connectivity index (χ3v) is 6.45. The van der Waals surface area contributed by atoms with E-state index in [1.165, 1.54) is 16.5 Å². The molecule has 0 radical (unpaired) electrons. The normalized spacial score (nSPS) is 34.8. The van der Waals surface area contributed by atoms with Gasteiger partial charge in [-0.2, -0.15) is 0 Å². The van der Waals surface area contributed by atoms with E-state index in [0.717, 1.165) is 31.2 Å². The fourth-order valence-corrected chi connectivity index (χ4v) is 5.19. The lowest BCUT2D eigenvalue weighted by molar-refractivity contribution is -0.146. The molecule has 0 amide bonds. The van der Waals surface area contributed by atoms with Crippen molar-refractivity contribution >= 4 is 22.4 Å². The van der Waals surface area contributed by atoms with Crippen molar-refractivity contribution in [3.05, 3.63) is 42.1 Å². The first kappa shape index (κ1) is 14.3. The van der Waals surface area contributed by atoms with Crippen LogP contribution in [0.15, 0.2) is 36.5 Å². The number of aromatic amines is 1. The van der Waals surface area contributed by atoms with Crippen molar-refractivity contribution in [1.82, 2.24) is 4.98 Å². The predicted octanol–water partition coefficient (Wildman–Crippen LogP) is 3.84. The Hall–Kier alpha value is -2.07. The van der Waals surface area contributed by atoms with Crippen LogP contribution < -0.4 is 0 Å². The van der Waals surface area contributed by atoms with Gasteiger partial charge in [0.15, 0.2) is 0 Å². The van der Waals surface area contributed by atoms with Crippen molar-refractivity contribution in [2.75, 3.05) is 6.61 Å². The van der Waals surface area contributed by atoms with Gasteiger partial charge in [-0.05, 0) is 66.3 Å². The predicted molar refractivity (Wildman–Crippen MR) is 91.5 cm³/mol. The Bertz CT molecular complexity index is 851. The first-order valence-corrected chi connectivity index (χ1v) is 8.78. The molecule has 2 aliphatic carbocycles. The molecule has 1 aromatic heterocycles. The number of carbonyl (C=O) groups is 1. The fourth-order valence-electron chi connectivity index (χ4n) is 5.19. The topological polar surface area (TPSA) is 62.3 Å². The number of hydrogen-bond acceptors (Lipinski definition) is 2. The van der Waals surface area contributed by atoms with Crippen LogP contribution >= 0.6 is 0 Å². The van der Waals surface area contributed by atoms with Crippen LogP contribution in [0.1, 0.15) is 31.2 Å². The number of allylic oxidation sites excluding steroid dienone is 2. The zero-order valence-electron chi connectivity index (χ0n) is 13.5. The van der Waals surface area contributed by atoms with Crippen molar-refractivity contribution in [2.45, 2.75) is 31.8 Å². The number of H-pyrrole nitrogens is 1. The van der Waals surface area contributed by atoms with Crippen LogP contribution in [0.2, 0.25) is 0 Å². The largest absolute Gasteiger partial charge is 0.481 e. The molecule has 2 bridgehead atoms. The molecular formula is C20H21NO3. The first-order chi connectivity index (χ1) is 11.7. The molecule has 1 aromatic carbocycles. The van der Waals surface area contributed by atoms with Gasteiger partial charge in [0.05, 0.1) is 18.6 Å². The summed E-state index contributed by atoms with van der Waals surface area (Å²) in [4.78, 5) is 14.8. The number of carboxylic acid groups (broad SMARTS) is 1. The number of rotatable bonds is 2. The van der Waals surface area contributed by atoms with Crippen LogP contribution in [0.25, 0.3) is 16.5 Å². The molecule has 1 spiro atoms. The summed E-state index contributed by atoms with van der Waals surface area (Å²) >= 11 is 0. The van der Waals surface area contributed by atoms with Crippen molar-refractivity contribution in [2.24, 2.45) is 17.3 Å². The summed E-state index contributed by atoms with van der Waals surface area (Å²) < 4.78 is 5.96. The summed E-state index contributed by atoms with van der Waals surface area (Å²) in [5.41, 5.74) is 3.95. The fraction of sp³-hybridized carbons (Fsp3) is 0.450. The van der Waals surface area contributed by atoms with Gasteiger partial charge in [0.1, 0.15) is 0 Å². The summed E-state index contributed by atoms with van der Waals surface area (Å²) in [5, 5.41) is 10.8. The van der Waals surface area contributed by atoms with Crippen LogP contribution in [0, 0.1) is 17.3 Å². The quantitative estimate of drug-likeness (QED) is 0.882. The highest BCUT2D eigenvalue weighted by Gasteiger charge is 2.54. The van der Waals surface area contributed by atoms with E-state index in [9.17, 15) is 9.90 Å². The number of aromatic nitrogens is 1. The molecule has 2 fully saturated rings. The molecule has 124 valence electrons. The second-order valence-corrected chi connectivity index (χ2v) is 7.63. The molecule has 2 heterocycles. The third-order valence-electron chi connectivity index (χ3n) is 6.45. The Morgan fingerprint density at radius 3 is 3.08 bits per heavy atom. The van der Waals surface area contributed by atoms with Gasteiger partial charge in [0.2, 0.25) is 0 Å². The standard InChI is InChI=1S/C20H21NO3/c22-19(23)15-2-3-16-14(5-7-20(16)10-18(15)24-11-20)12-1-4-17-13(9-12)6-8-21-17/h1,4-6,8-9,15-16,18,21H,2-3,7,10-11H2,(H,22,23). The van der Waals surface area contributed by atoms with Crippen LogP contribution in [-0.2, 0) is 9.53 Å². The van der Waals surface area contributed by atoms with Crippen molar-refractivity contribution < 1.29 is 14.6 Å². The molecule has 4 nitrogen and oxygen atoms in total. The number of fused-ring (bicyclic) bond motifs is 2. The average molecular weight is 323 g/mol. The Morgan fingerprint density at radius 1 is 1.29 bits per heavy atom. The average Bonchev–Trinajstić information content (AvgIpc) is 3.24. The van der Waals surface area contributed by atoms with Gasteiger partial charge < -0.3 is 14.8 Å². The molecule has 5 rings (SSSR count). The number of carboxylic acids is 1.